The first-order chi connectivity index (χ1) is 14.8. The molecule has 0 fully saturated rings. The summed E-state index contributed by atoms with van der Waals surface area (Å²) in [7, 11) is 2.35. The number of carbonyl (C=O) groups excluding carboxylic acids is 3. The molecule has 0 radical (unpaired) electrons. The van der Waals surface area contributed by atoms with E-state index in [-0.39, 0.29) is 18.3 Å². The minimum absolute atomic E-state index is 0.211. The minimum Gasteiger partial charge on any atom is -0.453 e. The Bertz CT molecular complexity index is 973. The molecule has 3 amide bonds. The van der Waals surface area contributed by atoms with E-state index in [1.165, 1.54) is 26.0 Å². The maximum Gasteiger partial charge on any atom is 0.413 e. The van der Waals surface area contributed by atoms with Crippen molar-refractivity contribution in [3.05, 3.63) is 48.0 Å². The van der Waals surface area contributed by atoms with Crippen LogP contribution in [0.1, 0.15) is 18.9 Å². The van der Waals surface area contributed by atoms with E-state index in [1.54, 1.807) is 19.1 Å². The first-order valence-corrected chi connectivity index (χ1v) is 10.1. The van der Waals surface area contributed by atoms with Gasteiger partial charge in [-0.3, -0.25) is 15.4 Å². The Kier molecular flexibility index (Phi) is 8.89. The quantitative estimate of drug-likeness (QED) is 0.470. The molecule has 0 aromatic heterocycles. The first kappa shape index (κ1) is 23.7. The number of anilines is 1. The van der Waals surface area contributed by atoms with E-state index in [0.717, 1.165) is 15.4 Å². The van der Waals surface area contributed by atoms with Crippen molar-refractivity contribution in [2.24, 2.45) is 4.99 Å². The number of amides is 3. The van der Waals surface area contributed by atoms with Crippen LogP contribution in [0.4, 0.5) is 21.0 Å². The van der Waals surface area contributed by atoms with Crippen LogP contribution >= 0.6 is 11.8 Å². The third-order valence-electron chi connectivity index (χ3n) is 3.83. The number of aryl methyl sites for hydroxylation is 1. The summed E-state index contributed by atoms with van der Waals surface area (Å²) in [5.74, 6) is -0.428. The Morgan fingerprint density at radius 3 is 2.19 bits per heavy atom. The number of carbonyl (C=O) groups is 3. The van der Waals surface area contributed by atoms with Gasteiger partial charge in [-0.2, -0.15) is 0 Å². The molecule has 0 atom stereocenters. The van der Waals surface area contributed by atoms with Crippen LogP contribution in [0.25, 0.3) is 0 Å². The maximum atomic E-state index is 12.0. The average Bonchev–Trinajstić information content (AvgIpc) is 2.75. The summed E-state index contributed by atoms with van der Waals surface area (Å²) in [6.45, 7) is 3.74. The molecule has 0 aliphatic rings. The molecule has 0 unspecified atom stereocenters. The molecule has 2 aromatic rings. The molecule has 0 aliphatic carbocycles. The summed E-state index contributed by atoms with van der Waals surface area (Å²) in [6, 6.07) is 13.3. The van der Waals surface area contributed by atoms with Gasteiger partial charge in [0.05, 0.1) is 25.6 Å². The van der Waals surface area contributed by atoms with Gasteiger partial charge in [-0.25, -0.2) is 14.6 Å². The Balaban J connectivity index is 2.42. The van der Waals surface area contributed by atoms with E-state index in [0.29, 0.717) is 11.4 Å². The maximum absolute atomic E-state index is 12.0. The molecule has 0 spiro atoms. The van der Waals surface area contributed by atoms with Crippen molar-refractivity contribution in [2.45, 2.75) is 30.1 Å². The number of alkyl carbamates (subject to hydrolysis) is 2. The number of rotatable bonds is 5. The normalized spacial score (nSPS) is 9.94. The molecule has 10 heteroatoms. The standard InChI is InChI=1S/C21H24N4O5S/c1-5-18(26)22-17-12-15(31-14-8-6-7-13(2)11-14)9-10-16(17)23-19(24-20(27)29-3)25-21(28)30-4/h6-12H,5H2,1-4H3,(H,22,26)(H2,23,24,25,27,28). The van der Waals surface area contributed by atoms with Crippen molar-refractivity contribution >= 4 is 47.2 Å². The van der Waals surface area contributed by atoms with Crippen LogP contribution in [-0.2, 0) is 14.3 Å². The minimum atomic E-state index is -0.832. The Morgan fingerprint density at radius 1 is 0.968 bits per heavy atom. The molecule has 2 rings (SSSR count). The van der Waals surface area contributed by atoms with Gasteiger partial charge in [0.1, 0.15) is 0 Å². The summed E-state index contributed by atoms with van der Waals surface area (Å²) in [4.78, 5) is 41.4. The van der Waals surface area contributed by atoms with Crippen LogP contribution in [0.3, 0.4) is 0 Å². The zero-order valence-electron chi connectivity index (χ0n) is 17.6. The van der Waals surface area contributed by atoms with Crippen molar-refractivity contribution in [1.29, 1.82) is 0 Å². The summed E-state index contributed by atoms with van der Waals surface area (Å²) < 4.78 is 9.09. The van der Waals surface area contributed by atoms with Crippen molar-refractivity contribution in [1.82, 2.24) is 10.6 Å². The predicted octanol–water partition coefficient (Wildman–Crippen LogP) is 4.19. The number of ether oxygens (including phenoxy) is 2. The molecule has 164 valence electrons. The highest BCUT2D eigenvalue weighted by Crippen LogP contribution is 2.34. The summed E-state index contributed by atoms with van der Waals surface area (Å²) in [6.07, 6.45) is -1.40. The zero-order chi connectivity index (χ0) is 22.8. The Hall–Kier alpha value is -3.53. The lowest BCUT2D eigenvalue weighted by molar-refractivity contribution is -0.115. The third kappa shape index (κ3) is 7.67. The SMILES string of the molecule is CCC(=O)Nc1cc(Sc2cccc(C)c2)ccc1N=C(NC(=O)OC)NC(=O)OC. The Labute approximate surface area is 184 Å². The van der Waals surface area contributed by atoms with Crippen molar-refractivity contribution in [3.63, 3.8) is 0 Å². The van der Waals surface area contributed by atoms with Gasteiger partial charge in [-0.15, -0.1) is 0 Å². The topological polar surface area (TPSA) is 118 Å². The number of hydrogen-bond acceptors (Lipinski definition) is 7. The largest absolute Gasteiger partial charge is 0.453 e. The highest BCUT2D eigenvalue weighted by Gasteiger charge is 2.13. The van der Waals surface area contributed by atoms with Crippen LogP contribution in [0.2, 0.25) is 0 Å². The van der Waals surface area contributed by atoms with Crippen LogP contribution in [0.15, 0.2) is 57.2 Å². The average molecular weight is 445 g/mol. The molecule has 0 bridgehead atoms. The van der Waals surface area contributed by atoms with Gasteiger partial charge in [0.25, 0.3) is 0 Å². The van der Waals surface area contributed by atoms with Gasteiger partial charge in [-0.1, -0.05) is 36.4 Å². The molecule has 9 nitrogen and oxygen atoms in total. The highest BCUT2D eigenvalue weighted by molar-refractivity contribution is 7.99. The van der Waals surface area contributed by atoms with Crippen molar-refractivity contribution < 1.29 is 23.9 Å². The van der Waals surface area contributed by atoms with Gasteiger partial charge in [0, 0.05) is 16.2 Å². The van der Waals surface area contributed by atoms with Gasteiger partial charge < -0.3 is 14.8 Å². The van der Waals surface area contributed by atoms with Crippen LogP contribution in [-0.4, -0.2) is 38.3 Å². The van der Waals surface area contributed by atoms with Crippen LogP contribution in [0, 0.1) is 6.92 Å². The van der Waals surface area contributed by atoms with Crippen LogP contribution in [0.5, 0.6) is 0 Å². The van der Waals surface area contributed by atoms with E-state index in [2.05, 4.69) is 36.5 Å². The van der Waals surface area contributed by atoms with Crippen molar-refractivity contribution in [3.8, 4) is 0 Å². The Morgan fingerprint density at radius 2 is 1.61 bits per heavy atom. The lowest BCUT2D eigenvalue weighted by Gasteiger charge is -2.13. The number of aliphatic imine (C=N–C) groups is 1. The fourth-order valence-corrected chi connectivity index (χ4v) is 3.31. The lowest BCUT2D eigenvalue weighted by atomic mass is 10.2. The van der Waals surface area contributed by atoms with E-state index < -0.39 is 12.2 Å². The fourth-order valence-electron chi connectivity index (χ4n) is 2.33. The molecular formula is C21H24N4O5S. The van der Waals surface area contributed by atoms with Gasteiger partial charge in [0.2, 0.25) is 11.9 Å². The lowest BCUT2D eigenvalue weighted by Crippen LogP contribution is -2.43. The van der Waals surface area contributed by atoms with E-state index >= 15 is 0 Å². The molecule has 0 saturated carbocycles. The van der Waals surface area contributed by atoms with E-state index in [9.17, 15) is 14.4 Å². The van der Waals surface area contributed by atoms with E-state index in [4.69, 9.17) is 0 Å². The molecule has 0 aliphatic heterocycles. The molecule has 3 N–H and O–H groups in total. The summed E-state index contributed by atoms with van der Waals surface area (Å²) in [5.41, 5.74) is 1.87. The second-order valence-corrected chi connectivity index (χ2v) is 7.34. The number of nitrogens with zero attached hydrogens (tertiary/aromatic N) is 1. The second kappa shape index (κ2) is 11.6. The number of benzene rings is 2. The molecular weight excluding hydrogens is 420 g/mol. The number of guanidine groups is 1. The molecule has 0 heterocycles. The monoisotopic (exact) mass is 444 g/mol. The molecule has 0 saturated heterocycles. The van der Waals surface area contributed by atoms with Gasteiger partial charge >= 0.3 is 12.2 Å². The highest BCUT2D eigenvalue weighted by atomic mass is 32.2. The smallest absolute Gasteiger partial charge is 0.413 e. The predicted molar refractivity (Wildman–Crippen MR) is 119 cm³/mol. The second-order valence-electron chi connectivity index (χ2n) is 6.19. The summed E-state index contributed by atoms with van der Waals surface area (Å²) >= 11 is 1.53. The number of hydrogen-bond donors (Lipinski definition) is 3. The van der Waals surface area contributed by atoms with Crippen molar-refractivity contribution in [2.75, 3.05) is 19.5 Å². The van der Waals surface area contributed by atoms with Gasteiger partial charge in [-0.05, 0) is 37.3 Å². The molecule has 31 heavy (non-hydrogen) atoms. The zero-order valence-corrected chi connectivity index (χ0v) is 18.5. The van der Waals surface area contributed by atoms with E-state index in [1.807, 2.05) is 31.2 Å². The van der Waals surface area contributed by atoms with Crippen LogP contribution < -0.4 is 16.0 Å². The number of methoxy groups -OCH3 is 2. The van der Waals surface area contributed by atoms with Gasteiger partial charge in [0.15, 0.2) is 0 Å². The molecule has 2 aromatic carbocycles. The number of nitrogens with one attached hydrogen (secondary N) is 3. The summed E-state index contributed by atoms with van der Waals surface area (Å²) in [5, 5.41) is 7.38. The first-order valence-electron chi connectivity index (χ1n) is 9.31. The third-order valence-corrected chi connectivity index (χ3v) is 4.81. The fraction of sp³-hybridized carbons (Fsp3) is 0.238.